The van der Waals surface area contributed by atoms with Gasteiger partial charge in [0.15, 0.2) is 5.75 Å². The van der Waals surface area contributed by atoms with Gasteiger partial charge in [-0.25, -0.2) is 4.39 Å². The summed E-state index contributed by atoms with van der Waals surface area (Å²) in [5, 5.41) is 6.91. The molecule has 2 heterocycles. The first-order valence-corrected chi connectivity index (χ1v) is 7.91. The minimum Gasteiger partial charge on any atom is -0.486 e. The second-order valence-corrected chi connectivity index (χ2v) is 5.99. The second kappa shape index (κ2) is 6.05. The third-order valence-electron chi connectivity index (χ3n) is 4.24. The molecule has 0 radical (unpaired) electrons. The maximum absolute atomic E-state index is 13.3. The molecule has 1 aromatic heterocycles. The third kappa shape index (κ3) is 2.98. The van der Waals surface area contributed by atoms with E-state index in [9.17, 15) is 9.18 Å². The predicted octanol–water partition coefficient (Wildman–Crippen LogP) is 3.05. The van der Waals surface area contributed by atoms with Crippen molar-refractivity contribution in [2.75, 3.05) is 0 Å². The Hall–Kier alpha value is -3.15. The molecule has 0 saturated carbocycles. The van der Waals surface area contributed by atoms with Gasteiger partial charge in [-0.3, -0.25) is 9.48 Å². The van der Waals surface area contributed by atoms with Gasteiger partial charge < -0.3 is 10.1 Å². The summed E-state index contributed by atoms with van der Waals surface area (Å²) in [6.07, 6.45) is 3.44. The highest BCUT2D eigenvalue weighted by Crippen LogP contribution is 2.30. The molecule has 6 heteroatoms. The molecule has 2 aromatic carbocycles. The number of nitrogens with zero attached hydrogens (tertiary/aromatic N) is 2. The average Bonchev–Trinajstić information content (AvgIpc) is 3.19. The van der Waals surface area contributed by atoms with E-state index in [0.717, 1.165) is 22.3 Å². The quantitative estimate of drug-likeness (QED) is 0.796. The van der Waals surface area contributed by atoms with Crippen molar-refractivity contribution in [2.45, 2.75) is 13.2 Å². The van der Waals surface area contributed by atoms with Crippen LogP contribution in [-0.2, 0) is 20.2 Å². The van der Waals surface area contributed by atoms with Gasteiger partial charge in [-0.15, -0.1) is 0 Å². The molecule has 1 aliphatic rings. The number of aryl methyl sites for hydroxylation is 1. The van der Waals surface area contributed by atoms with E-state index in [2.05, 4.69) is 10.4 Å². The summed E-state index contributed by atoms with van der Waals surface area (Å²) in [4.78, 5) is 12.0. The molecule has 4 rings (SSSR count). The zero-order valence-electron chi connectivity index (χ0n) is 13.6. The van der Waals surface area contributed by atoms with Gasteiger partial charge in [0.05, 0.1) is 12.4 Å². The molecule has 126 valence electrons. The fourth-order valence-corrected chi connectivity index (χ4v) is 2.98. The van der Waals surface area contributed by atoms with Crippen LogP contribution in [0, 0.1) is 5.82 Å². The topological polar surface area (TPSA) is 56.1 Å². The summed E-state index contributed by atoms with van der Waals surface area (Å²) in [5.74, 6) is 0.288. The fourth-order valence-electron chi connectivity index (χ4n) is 2.98. The van der Waals surface area contributed by atoms with Crippen LogP contribution in [0.2, 0.25) is 0 Å². The smallest absolute Gasteiger partial charge is 0.251 e. The lowest BCUT2D eigenvalue weighted by molar-refractivity contribution is 0.0966. The van der Waals surface area contributed by atoms with Crippen LogP contribution >= 0.6 is 0 Å². The number of hydrogen-bond donors (Lipinski definition) is 1. The molecule has 1 aliphatic heterocycles. The zero-order chi connectivity index (χ0) is 17.4. The van der Waals surface area contributed by atoms with Crippen molar-refractivity contribution in [2.24, 2.45) is 7.05 Å². The molecule has 0 fully saturated rings. The normalized spacial score (nSPS) is 12.8. The predicted molar refractivity (Wildman–Crippen MR) is 90.5 cm³/mol. The van der Waals surface area contributed by atoms with Crippen LogP contribution in [0.3, 0.4) is 0 Å². The molecule has 0 atom stereocenters. The number of benzene rings is 2. The van der Waals surface area contributed by atoms with Crippen LogP contribution in [0.25, 0.3) is 11.1 Å². The summed E-state index contributed by atoms with van der Waals surface area (Å²) < 4.78 is 20.7. The first-order chi connectivity index (χ1) is 12.1. The van der Waals surface area contributed by atoms with E-state index < -0.39 is 0 Å². The van der Waals surface area contributed by atoms with E-state index in [-0.39, 0.29) is 11.7 Å². The van der Waals surface area contributed by atoms with E-state index in [1.54, 1.807) is 29.2 Å². The van der Waals surface area contributed by atoms with Gasteiger partial charge in [-0.1, -0.05) is 12.1 Å². The number of hydrogen-bond acceptors (Lipinski definition) is 3. The maximum atomic E-state index is 13.3. The number of ether oxygens (including phenoxy) is 1. The highest BCUT2D eigenvalue weighted by molar-refractivity contribution is 5.99. The van der Waals surface area contributed by atoms with Gasteiger partial charge in [0, 0.05) is 19.2 Å². The highest BCUT2D eigenvalue weighted by Gasteiger charge is 2.22. The maximum Gasteiger partial charge on any atom is 0.251 e. The minimum absolute atomic E-state index is 0.0851. The summed E-state index contributed by atoms with van der Waals surface area (Å²) in [7, 11) is 1.82. The van der Waals surface area contributed by atoms with Crippen molar-refractivity contribution in [3.63, 3.8) is 0 Å². The van der Waals surface area contributed by atoms with E-state index in [0.29, 0.717) is 24.5 Å². The number of amides is 1. The van der Waals surface area contributed by atoms with E-state index in [4.69, 9.17) is 4.74 Å². The third-order valence-corrected chi connectivity index (χ3v) is 4.24. The first kappa shape index (κ1) is 15.4. The van der Waals surface area contributed by atoms with Crippen LogP contribution in [0.15, 0.2) is 48.8 Å². The molecule has 0 aliphatic carbocycles. The lowest BCUT2D eigenvalue weighted by Crippen LogP contribution is -2.12. The van der Waals surface area contributed by atoms with E-state index >= 15 is 0 Å². The molecule has 3 aromatic rings. The molecule has 0 spiro atoms. The SMILES string of the molecule is Cn1cc(OCc2cc3c(cc2-c2ccc(F)cc2)C(=O)NC3)cn1. The van der Waals surface area contributed by atoms with Crippen LogP contribution in [0.5, 0.6) is 5.75 Å². The van der Waals surface area contributed by atoms with Gasteiger partial charge in [-0.05, 0) is 46.5 Å². The largest absolute Gasteiger partial charge is 0.486 e. The molecule has 0 unspecified atom stereocenters. The monoisotopic (exact) mass is 337 g/mol. The Morgan fingerprint density at radius 3 is 2.76 bits per heavy atom. The van der Waals surface area contributed by atoms with E-state index in [1.807, 2.05) is 19.2 Å². The Balaban J connectivity index is 1.73. The fraction of sp³-hybridized carbons (Fsp3) is 0.158. The Kier molecular flexibility index (Phi) is 3.72. The summed E-state index contributed by atoms with van der Waals surface area (Å²) in [6.45, 7) is 0.845. The number of nitrogens with one attached hydrogen (secondary N) is 1. The number of aromatic nitrogens is 2. The number of rotatable bonds is 4. The Bertz CT molecular complexity index is 948. The van der Waals surface area contributed by atoms with Gasteiger partial charge in [0.25, 0.3) is 5.91 Å². The van der Waals surface area contributed by atoms with Gasteiger partial charge in [0.2, 0.25) is 0 Å². The second-order valence-electron chi connectivity index (χ2n) is 5.99. The standard InChI is InChI=1S/C19H16FN3O2/c1-23-10-16(9-22-23)25-11-14-6-13-8-21-19(24)18(13)7-17(14)12-2-4-15(20)5-3-12/h2-7,9-10H,8,11H2,1H3,(H,21,24). The van der Waals surface area contributed by atoms with Gasteiger partial charge in [-0.2, -0.15) is 5.10 Å². The number of carbonyl (C=O) groups is 1. The molecular formula is C19H16FN3O2. The Morgan fingerprint density at radius 2 is 2.04 bits per heavy atom. The number of fused-ring (bicyclic) bond motifs is 1. The summed E-state index contributed by atoms with van der Waals surface area (Å²) in [5.41, 5.74) is 4.24. The highest BCUT2D eigenvalue weighted by atomic mass is 19.1. The Morgan fingerprint density at radius 1 is 1.24 bits per heavy atom. The zero-order valence-corrected chi connectivity index (χ0v) is 13.6. The lowest BCUT2D eigenvalue weighted by Gasteiger charge is -2.13. The van der Waals surface area contributed by atoms with Gasteiger partial charge >= 0.3 is 0 Å². The molecule has 0 saturated heterocycles. The van der Waals surface area contributed by atoms with Crippen molar-refractivity contribution in [1.29, 1.82) is 0 Å². The van der Waals surface area contributed by atoms with Crippen LogP contribution < -0.4 is 10.1 Å². The first-order valence-electron chi connectivity index (χ1n) is 7.91. The number of carbonyl (C=O) groups excluding carboxylic acids is 1. The molecule has 25 heavy (non-hydrogen) atoms. The van der Waals surface area contributed by atoms with Crippen LogP contribution in [-0.4, -0.2) is 15.7 Å². The minimum atomic E-state index is -0.296. The van der Waals surface area contributed by atoms with E-state index in [1.165, 1.54) is 12.1 Å². The molecule has 1 amide bonds. The molecule has 1 N–H and O–H groups in total. The lowest BCUT2D eigenvalue weighted by atomic mass is 9.95. The van der Waals surface area contributed by atoms with Crippen molar-refractivity contribution in [3.8, 4) is 16.9 Å². The van der Waals surface area contributed by atoms with Crippen LogP contribution in [0.1, 0.15) is 21.5 Å². The van der Waals surface area contributed by atoms with Crippen molar-refractivity contribution in [3.05, 3.63) is 71.3 Å². The molecular weight excluding hydrogens is 321 g/mol. The average molecular weight is 337 g/mol. The Labute approximate surface area is 144 Å². The molecule has 5 nitrogen and oxygen atoms in total. The van der Waals surface area contributed by atoms with Crippen LogP contribution in [0.4, 0.5) is 4.39 Å². The molecule has 0 bridgehead atoms. The number of halogens is 1. The van der Waals surface area contributed by atoms with Crippen molar-refractivity contribution in [1.82, 2.24) is 15.1 Å². The van der Waals surface area contributed by atoms with Gasteiger partial charge in [0.1, 0.15) is 12.4 Å². The van der Waals surface area contributed by atoms with Crippen molar-refractivity contribution < 1.29 is 13.9 Å². The van der Waals surface area contributed by atoms with Crippen molar-refractivity contribution >= 4 is 5.91 Å². The summed E-state index contributed by atoms with van der Waals surface area (Å²) >= 11 is 0. The summed E-state index contributed by atoms with van der Waals surface area (Å²) in [6, 6.07) is 10.1.